The lowest BCUT2D eigenvalue weighted by molar-refractivity contribution is 1.37. The first-order valence-corrected chi connectivity index (χ1v) is 4.76. The predicted molar refractivity (Wildman–Crippen MR) is 61.2 cm³/mol. The summed E-state index contributed by atoms with van der Waals surface area (Å²) in [5.41, 5.74) is 4.79. The summed E-state index contributed by atoms with van der Waals surface area (Å²) in [6, 6.07) is 8.28. The first-order chi connectivity index (χ1) is 6.81. The highest BCUT2D eigenvalue weighted by atomic mass is 14.8. The van der Waals surface area contributed by atoms with Gasteiger partial charge in [0, 0.05) is 12.1 Å². The zero-order valence-electron chi connectivity index (χ0n) is 8.33. The number of rotatable bonds is 2. The van der Waals surface area contributed by atoms with Crippen LogP contribution in [0, 0.1) is 0 Å². The Hall–Kier alpha value is -1.63. The molecule has 0 N–H and O–H groups in total. The summed E-state index contributed by atoms with van der Waals surface area (Å²) in [4.78, 5) is 4.57. The second-order valence-corrected chi connectivity index (χ2v) is 3.45. The zero-order chi connectivity index (χ0) is 9.97. The molecular formula is C13H13N. The van der Waals surface area contributed by atoms with Crippen LogP contribution in [0.15, 0.2) is 53.6 Å². The van der Waals surface area contributed by atoms with Crippen molar-refractivity contribution in [3.05, 3.63) is 54.1 Å². The van der Waals surface area contributed by atoms with Crippen LogP contribution in [0.3, 0.4) is 0 Å². The molecule has 0 fully saturated rings. The molecule has 0 bridgehead atoms. The molecule has 0 saturated heterocycles. The molecule has 1 aliphatic rings. The van der Waals surface area contributed by atoms with Crippen molar-refractivity contribution >= 4 is 11.4 Å². The molecule has 2 rings (SSSR count). The Balaban J connectivity index is 2.32. The Kier molecular flexibility index (Phi) is 2.32. The number of benzene rings is 1. The van der Waals surface area contributed by atoms with Crippen LogP contribution in [0.4, 0.5) is 5.69 Å². The standard InChI is InChI=1S/C13H13N/c1-3-6-10(2)13-9-11-7-4-5-8-12(11)14-13/h3-8H,1,9H2,2H3/b10-6+. The van der Waals surface area contributed by atoms with Gasteiger partial charge in [-0.3, -0.25) is 4.99 Å². The Bertz CT molecular complexity index is 425. The van der Waals surface area contributed by atoms with Gasteiger partial charge in [-0.1, -0.05) is 36.9 Å². The van der Waals surface area contributed by atoms with E-state index in [-0.39, 0.29) is 0 Å². The van der Waals surface area contributed by atoms with Crippen molar-refractivity contribution in [2.24, 2.45) is 4.99 Å². The molecule has 1 nitrogen and oxygen atoms in total. The second kappa shape index (κ2) is 3.62. The molecule has 0 unspecified atom stereocenters. The highest BCUT2D eigenvalue weighted by Crippen LogP contribution is 2.27. The largest absolute Gasteiger partial charge is 0.253 e. The van der Waals surface area contributed by atoms with Crippen LogP contribution in [0.5, 0.6) is 0 Å². The van der Waals surface area contributed by atoms with Crippen molar-refractivity contribution in [2.45, 2.75) is 13.3 Å². The zero-order valence-corrected chi connectivity index (χ0v) is 8.33. The van der Waals surface area contributed by atoms with E-state index in [2.05, 4.69) is 36.7 Å². The average Bonchev–Trinajstić information content (AvgIpc) is 2.61. The summed E-state index contributed by atoms with van der Waals surface area (Å²) >= 11 is 0. The van der Waals surface area contributed by atoms with Gasteiger partial charge < -0.3 is 0 Å². The molecule has 14 heavy (non-hydrogen) atoms. The van der Waals surface area contributed by atoms with E-state index in [1.807, 2.05) is 12.1 Å². The second-order valence-electron chi connectivity index (χ2n) is 3.45. The van der Waals surface area contributed by atoms with E-state index in [4.69, 9.17) is 0 Å². The van der Waals surface area contributed by atoms with Crippen molar-refractivity contribution in [2.75, 3.05) is 0 Å². The summed E-state index contributed by atoms with van der Waals surface area (Å²) < 4.78 is 0. The highest BCUT2D eigenvalue weighted by molar-refractivity contribution is 6.05. The fourth-order valence-corrected chi connectivity index (χ4v) is 1.64. The fourth-order valence-electron chi connectivity index (χ4n) is 1.64. The molecular weight excluding hydrogens is 170 g/mol. The third-order valence-electron chi connectivity index (χ3n) is 2.43. The molecule has 0 aliphatic carbocycles. The minimum absolute atomic E-state index is 0.951. The third-order valence-corrected chi connectivity index (χ3v) is 2.43. The molecule has 1 aromatic carbocycles. The number of nitrogens with zero attached hydrogens (tertiary/aromatic N) is 1. The molecule has 0 aromatic heterocycles. The Morgan fingerprint density at radius 3 is 2.93 bits per heavy atom. The third kappa shape index (κ3) is 1.53. The van der Waals surface area contributed by atoms with Gasteiger partial charge in [-0.2, -0.15) is 0 Å². The highest BCUT2D eigenvalue weighted by Gasteiger charge is 2.13. The number of hydrogen-bond donors (Lipinski definition) is 0. The van der Waals surface area contributed by atoms with Gasteiger partial charge in [0.1, 0.15) is 0 Å². The Morgan fingerprint density at radius 1 is 1.43 bits per heavy atom. The smallest absolute Gasteiger partial charge is 0.0669 e. The van der Waals surface area contributed by atoms with Gasteiger partial charge >= 0.3 is 0 Å². The number of fused-ring (bicyclic) bond motifs is 1. The molecule has 1 aliphatic heterocycles. The molecule has 0 amide bonds. The Morgan fingerprint density at radius 2 is 2.21 bits per heavy atom. The SMILES string of the molecule is C=C/C=C(\C)C1=Nc2ccccc2C1. The monoisotopic (exact) mass is 183 g/mol. The van der Waals surface area contributed by atoms with Gasteiger partial charge in [0.15, 0.2) is 0 Å². The molecule has 0 saturated carbocycles. The molecule has 70 valence electrons. The van der Waals surface area contributed by atoms with Crippen LogP contribution in [-0.4, -0.2) is 5.71 Å². The van der Waals surface area contributed by atoms with E-state index in [1.54, 1.807) is 6.08 Å². The maximum Gasteiger partial charge on any atom is 0.0669 e. The van der Waals surface area contributed by atoms with Crippen LogP contribution in [-0.2, 0) is 6.42 Å². The summed E-state index contributed by atoms with van der Waals surface area (Å²) in [5.74, 6) is 0. The van der Waals surface area contributed by atoms with Gasteiger partial charge in [0.25, 0.3) is 0 Å². The lowest BCUT2D eigenvalue weighted by Crippen LogP contribution is -1.98. The van der Waals surface area contributed by atoms with E-state index in [0.29, 0.717) is 0 Å². The van der Waals surface area contributed by atoms with E-state index in [0.717, 1.165) is 17.8 Å². The minimum atomic E-state index is 0.951. The first-order valence-electron chi connectivity index (χ1n) is 4.76. The molecule has 1 aromatic rings. The summed E-state index contributed by atoms with van der Waals surface area (Å²) in [6.45, 7) is 5.77. The van der Waals surface area contributed by atoms with Crippen molar-refractivity contribution in [3.8, 4) is 0 Å². The maximum absolute atomic E-state index is 4.57. The van der Waals surface area contributed by atoms with Crippen LogP contribution < -0.4 is 0 Å². The number of allylic oxidation sites excluding steroid dienone is 3. The van der Waals surface area contributed by atoms with Crippen LogP contribution in [0.2, 0.25) is 0 Å². The van der Waals surface area contributed by atoms with Gasteiger partial charge in [-0.15, -0.1) is 0 Å². The lowest BCUT2D eigenvalue weighted by Gasteiger charge is -1.97. The van der Waals surface area contributed by atoms with E-state index in [9.17, 15) is 0 Å². The average molecular weight is 183 g/mol. The summed E-state index contributed by atoms with van der Waals surface area (Å²) in [6.07, 6.45) is 4.76. The van der Waals surface area contributed by atoms with Crippen LogP contribution in [0.25, 0.3) is 0 Å². The quantitative estimate of drug-likeness (QED) is 0.623. The summed E-state index contributed by atoms with van der Waals surface area (Å²) in [5, 5.41) is 0. The van der Waals surface area contributed by atoms with Crippen molar-refractivity contribution in [3.63, 3.8) is 0 Å². The molecule has 0 radical (unpaired) electrons. The number of aliphatic imine (C=N–C) groups is 1. The van der Waals surface area contributed by atoms with Crippen molar-refractivity contribution in [1.29, 1.82) is 0 Å². The Labute approximate surface area is 84.5 Å². The summed E-state index contributed by atoms with van der Waals surface area (Å²) in [7, 11) is 0. The van der Waals surface area contributed by atoms with Crippen molar-refractivity contribution < 1.29 is 0 Å². The van der Waals surface area contributed by atoms with Gasteiger partial charge in [0.05, 0.1) is 5.69 Å². The van der Waals surface area contributed by atoms with Gasteiger partial charge in [0.2, 0.25) is 0 Å². The van der Waals surface area contributed by atoms with E-state index >= 15 is 0 Å². The number of para-hydroxylation sites is 1. The van der Waals surface area contributed by atoms with Crippen LogP contribution in [0.1, 0.15) is 12.5 Å². The molecule has 0 atom stereocenters. The molecule has 1 heterocycles. The van der Waals surface area contributed by atoms with Gasteiger partial charge in [-0.05, 0) is 24.1 Å². The normalized spacial score (nSPS) is 14.9. The minimum Gasteiger partial charge on any atom is -0.253 e. The maximum atomic E-state index is 4.57. The fraction of sp³-hybridized carbons (Fsp3) is 0.154. The van der Waals surface area contributed by atoms with Crippen molar-refractivity contribution in [1.82, 2.24) is 0 Å². The number of hydrogen-bond acceptors (Lipinski definition) is 1. The molecule has 1 heteroatoms. The lowest BCUT2D eigenvalue weighted by atomic mass is 10.1. The topological polar surface area (TPSA) is 12.4 Å². The van der Waals surface area contributed by atoms with Crippen LogP contribution >= 0.6 is 0 Å². The first kappa shape index (κ1) is 8.95. The van der Waals surface area contributed by atoms with Gasteiger partial charge in [-0.25, -0.2) is 0 Å². The van der Waals surface area contributed by atoms with E-state index < -0.39 is 0 Å². The predicted octanol–water partition coefficient (Wildman–Crippen LogP) is 3.45. The van der Waals surface area contributed by atoms with E-state index in [1.165, 1.54) is 11.1 Å². The molecule has 0 spiro atoms.